The first kappa shape index (κ1) is 8.78. The number of carbonyl (C=O) groups excluding carboxylic acids is 1. The standard InChI is InChI=1S/C10H12NO/c1-2-7-11-10-6-4-3-5-9(10)8-12/h3-6,11H,2,7H2,1H3. The first-order valence-corrected chi connectivity index (χ1v) is 4.09. The lowest BCUT2D eigenvalue weighted by Crippen LogP contribution is -2.02. The predicted molar refractivity (Wildman–Crippen MR) is 50.0 cm³/mol. The fraction of sp³-hybridized carbons (Fsp3) is 0.300. The SMILES string of the molecule is CCCNc1ccccc1[C]=O. The molecule has 0 saturated heterocycles. The molecule has 0 spiro atoms. The average Bonchev–Trinajstić information content (AvgIpc) is 2.15. The molecule has 1 N–H and O–H groups in total. The summed E-state index contributed by atoms with van der Waals surface area (Å²) in [5.41, 5.74) is 1.47. The zero-order valence-electron chi connectivity index (χ0n) is 7.13. The summed E-state index contributed by atoms with van der Waals surface area (Å²) in [6.45, 7) is 2.97. The molecule has 0 aliphatic rings. The minimum atomic E-state index is 0.603. The molecule has 1 aromatic carbocycles. The van der Waals surface area contributed by atoms with Crippen molar-refractivity contribution in [2.24, 2.45) is 0 Å². The Morgan fingerprint density at radius 1 is 1.42 bits per heavy atom. The van der Waals surface area contributed by atoms with Crippen LogP contribution in [0.25, 0.3) is 0 Å². The van der Waals surface area contributed by atoms with Crippen molar-refractivity contribution < 1.29 is 4.79 Å². The summed E-state index contributed by atoms with van der Waals surface area (Å²) in [7, 11) is 0. The molecule has 63 valence electrons. The van der Waals surface area contributed by atoms with Gasteiger partial charge < -0.3 is 5.32 Å². The second kappa shape index (κ2) is 4.54. The van der Waals surface area contributed by atoms with E-state index < -0.39 is 0 Å². The molecule has 0 aliphatic carbocycles. The molecular formula is C10H12NO. The van der Waals surface area contributed by atoms with Crippen molar-refractivity contribution in [3.63, 3.8) is 0 Å². The van der Waals surface area contributed by atoms with Crippen molar-refractivity contribution in [2.45, 2.75) is 13.3 Å². The summed E-state index contributed by atoms with van der Waals surface area (Å²) < 4.78 is 0. The number of hydrogen-bond acceptors (Lipinski definition) is 2. The maximum atomic E-state index is 10.4. The maximum Gasteiger partial charge on any atom is 0.235 e. The van der Waals surface area contributed by atoms with Crippen molar-refractivity contribution in [3.8, 4) is 0 Å². The highest BCUT2D eigenvalue weighted by atomic mass is 16.1. The number of rotatable bonds is 4. The molecule has 0 fully saturated rings. The van der Waals surface area contributed by atoms with Crippen LogP contribution in [0, 0.1) is 0 Å². The lowest BCUT2D eigenvalue weighted by Gasteiger charge is -2.05. The summed E-state index contributed by atoms with van der Waals surface area (Å²) in [6.07, 6.45) is 2.94. The molecule has 2 nitrogen and oxygen atoms in total. The fourth-order valence-electron chi connectivity index (χ4n) is 0.986. The van der Waals surface area contributed by atoms with Crippen LogP contribution in [0.3, 0.4) is 0 Å². The van der Waals surface area contributed by atoms with Crippen molar-refractivity contribution in [1.82, 2.24) is 0 Å². The van der Waals surface area contributed by atoms with Crippen molar-refractivity contribution in [2.75, 3.05) is 11.9 Å². The second-order valence-corrected chi connectivity index (χ2v) is 2.57. The van der Waals surface area contributed by atoms with Gasteiger partial charge in [0.15, 0.2) is 0 Å². The Morgan fingerprint density at radius 3 is 2.83 bits per heavy atom. The zero-order chi connectivity index (χ0) is 8.81. The molecule has 0 saturated carbocycles. The number of para-hydroxylation sites is 1. The number of anilines is 1. The monoisotopic (exact) mass is 162 g/mol. The van der Waals surface area contributed by atoms with Gasteiger partial charge >= 0.3 is 0 Å². The Morgan fingerprint density at radius 2 is 2.17 bits per heavy atom. The lowest BCUT2D eigenvalue weighted by molar-refractivity contribution is 0.563. The average molecular weight is 162 g/mol. The summed E-state index contributed by atoms with van der Waals surface area (Å²) in [5, 5.41) is 3.15. The van der Waals surface area contributed by atoms with Crippen LogP contribution in [-0.2, 0) is 4.79 Å². The molecule has 0 atom stereocenters. The molecule has 2 heteroatoms. The molecule has 1 aromatic rings. The Kier molecular flexibility index (Phi) is 3.33. The molecule has 0 heterocycles. The van der Waals surface area contributed by atoms with Crippen molar-refractivity contribution in [3.05, 3.63) is 29.8 Å². The summed E-state index contributed by atoms with van der Waals surface area (Å²) in [4.78, 5) is 10.4. The molecule has 0 aromatic heterocycles. The largest absolute Gasteiger partial charge is 0.384 e. The van der Waals surface area contributed by atoms with Gasteiger partial charge in [0, 0.05) is 17.8 Å². The third-order valence-corrected chi connectivity index (χ3v) is 1.60. The summed E-state index contributed by atoms with van der Waals surface area (Å²) >= 11 is 0. The Labute approximate surface area is 72.6 Å². The van der Waals surface area contributed by atoms with Gasteiger partial charge in [-0.05, 0) is 18.6 Å². The Balaban J connectivity index is 2.75. The van der Waals surface area contributed by atoms with E-state index in [1.807, 2.05) is 24.5 Å². The highest BCUT2D eigenvalue weighted by molar-refractivity contribution is 5.84. The van der Waals surface area contributed by atoms with Crippen LogP contribution in [-0.4, -0.2) is 12.8 Å². The van der Waals surface area contributed by atoms with E-state index >= 15 is 0 Å². The van der Waals surface area contributed by atoms with Crippen LogP contribution in [0.15, 0.2) is 24.3 Å². The number of benzene rings is 1. The quantitative estimate of drug-likeness (QED) is 0.733. The van der Waals surface area contributed by atoms with Crippen LogP contribution in [0.5, 0.6) is 0 Å². The van der Waals surface area contributed by atoms with Crippen LogP contribution in [0.4, 0.5) is 5.69 Å². The van der Waals surface area contributed by atoms with E-state index in [2.05, 4.69) is 12.2 Å². The summed E-state index contributed by atoms with van der Waals surface area (Å²) in [5.74, 6) is 0. The van der Waals surface area contributed by atoms with Gasteiger partial charge in [0.1, 0.15) is 0 Å². The molecule has 1 rings (SSSR count). The van der Waals surface area contributed by atoms with Gasteiger partial charge in [0.2, 0.25) is 6.29 Å². The van der Waals surface area contributed by atoms with E-state index in [4.69, 9.17) is 0 Å². The molecule has 0 unspecified atom stereocenters. The van der Waals surface area contributed by atoms with Gasteiger partial charge in [-0.3, -0.25) is 4.79 Å². The smallest absolute Gasteiger partial charge is 0.235 e. The Bertz CT molecular complexity index is 258. The molecule has 0 bridgehead atoms. The van der Waals surface area contributed by atoms with Gasteiger partial charge in [0.05, 0.1) is 0 Å². The minimum absolute atomic E-state index is 0.603. The zero-order valence-corrected chi connectivity index (χ0v) is 7.13. The minimum Gasteiger partial charge on any atom is -0.384 e. The van der Waals surface area contributed by atoms with Gasteiger partial charge in [-0.1, -0.05) is 19.1 Å². The third kappa shape index (κ3) is 2.09. The van der Waals surface area contributed by atoms with E-state index in [0.717, 1.165) is 18.7 Å². The highest BCUT2D eigenvalue weighted by Crippen LogP contribution is 2.11. The fourth-order valence-corrected chi connectivity index (χ4v) is 0.986. The van der Waals surface area contributed by atoms with Gasteiger partial charge in [0.25, 0.3) is 0 Å². The van der Waals surface area contributed by atoms with E-state index in [1.165, 1.54) is 0 Å². The van der Waals surface area contributed by atoms with Crippen molar-refractivity contribution in [1.29, 1.82) is 0 Å². The first-order valence-electron chi connectivity index (χ1n) is 4.09. The maximum absolute atomic E-state index is 10.4. The second-order valence-electron chi connectivity index (χ2n) is 2.57. The normalized spacial score (nSPS) is 9.42. The Hall–Kier alpha value is -1.31. The van der Waals surface area contributed by atoms with Crippen molar-refractivity contribution >= 4 is 12.0 Å². The van der Waals surface area contributed by atoms with Gasteiger partial charge in [-0.25, -0.2) is 0 Å². The molecule has 0 aliphatic heterocycles. The van der Waals surface area contributed by atoms with Crippen LogP contribution in [0.2, 0.25) is 0 Å². The van der Waals surface area contributed by atoms with Gasteiger partial charge in [-0.15, -0.1) is 0 Å². The summed E-state index contributed by atoms with van der Waals surface area (Å²) in [6, 6.07) is 7.37. The van der Waals surface area contributed by atoms with E-state index in [9.17, 15) is 4.79 Å². The topological polar surface area (TPSA) is 29.1 Å². The highest BCUT2D eigenvalue weighted by Gasteiger charge is 1.97. The van der Waals surface area contributed by atoms with Gasteiger partial charge in [-0.2, -0.15) is 0 Å². The van der Waals surface area contributed by atoms with Crippen LogP contribution < -0.4 is 5.32 Å². The molecular weight excluding hydrogens is 150 g/mol. The molecule has 0 amide bonds. The van der Waals surface area contributed by atoms with E-state index in [-0.39, 0.29) is 0 Å². The van der Waals surface area contributed by atoms with E-state index in [1.54, 1.807) is 6.07 Å². The predicted octanol–water partition coefficient (Wildman–Crippen LogP) is 1.97. The molecule has 1 radical (unpaired) electrons. The van der Waals surface area contributed by atoms with E-state index in [0.29, 0.717) is 5.56 Å². The lowest BCUT2D eigenvalue weighted by atomic mass is 10.2. The first-order chi connectivity index (χ1) is 5.88. The third-order valence-electron chi connectivity index (χ3n) is 1.60. The van der Waals surface area contributed by atoms with Crippen LogP contribution >= 0.6 is 0 Å². The number of nitrogens with one attached hydrogen (secondary N) is 1. The molecule has 12 heavy (non-hydrogen) atoms. The van der Waals surface area contributed by atoms with Crippen LogP contribution in [0.1, 0.15) is 18.9 Å². The number of hydrogen-bond donors (Lipinski definition) is 1.